The monoisotopic (exact) mass is 365 g/mol. The summed E-state index contributed by atoms with van der Waals surface area (Å²) in [5.74, 6) is 0.694. The molecule has 0 radical (unpaired) electrons. The van der Waals surface area contributed by atoms with Crippen molar-refractivity contribution in [1.29, 1.82) is 0 Å². The summed E-state index contributed by atoms with van der Waals surface area (Å²) < 4.78 is 5.82. The Bertz CT molecular complexity index is 952. The van der Waals surface area contributed by atoms with Crippen molar-refractivity contribution in [2.45, 2.75) is 13.5 Å². The van der Waals surface area contributed by atoms with Crippen LogP contribution in [0, 0.1) is 11.8 Å². The average Bonchev–Trinajstić information content (AvgIpc) is 2.68. The zero-order chi connectivity index (χ0) is 18.5. The molecule has 0 aromatic heterocycles. The molecule has 0 saturated heterocycles. The predicted molar refractivity (Wildman–Crippen MR) is 103 cm³/mol. The fourth-order valence-corrected chi connectivity index (χ4v) is 2.99. The molecule has 0 aliphatic rings. The standard InChI is InChI=1S/C21H16ClNO3/c1-14-16(13-26-18-8-5-15(12-24)6-9-18)3-2-4-19(14)20-10-7-17(23-25)11-21(20)22/h2-12H,13H2,1H3. The van der Waals surface area contributed by atoms with Gasteiger partial charge in [0.25, 0.3) is 0 Å². The Morgan fingerprint density at radius 3 is 2.46 bits per heavy atom. The number of ether oxygens (including phenoxy) is 1. The number of carbonyl (C=O) groups excluding carboxylic acids is 1. The minimum Gasteiger partial charge on any atom is -0.489 e. The Kier molecular flexibility index (Phi) is 5.44. The topological polar surface area (TPSA) is 55.7 Å². The van der Waals surface area contributed by atoms with Crippen molar-refractivity contribution >= 4 is 23.6 Å². The Morgan fingerprint density at radius 2 is 1.81 bits per heavy atom. The lowest BCUT2D eigenvalue weighted by Crippen LogP contribution is -1.99. The number of carbonyl (C=O) groups is 1. The maximum Gasteiger partial charge on any atom is 0.150 e. The van der Waals surface area contributed by atoms with E-state index in [1.54, 1.807) is 42.5 Å². The number of aldehydes is 1. The van der Waals surface area contributed by atoms with Crippen molar-refractivity contribution in [3.63, 3.8) is 0 Å². The molecule has 26 heavy (non-hydrogen) atoms. The summed E-state index contributed by atoms with van der Waals surface area (Å²) >= 11 is 6.31. The number of benzene rings is 3. The van der Waals surface area contributed by atoms with Crippen molar-refractivity contribution in [2.75, 3.05) is 0 Å². The molecule has 0 N–H and O–H groups in total. The van der Waals surface area contributed by atoms with Crippen LogP contribution in [-0.2, 0) is 6.61 Å². The molecular formula is C21H16ClNO3. The third-order valence-corrected chi connectivity index (χ3v) is 4.52. The van der Waals surface area contributed by atoms with Gasteiger partial charge in [-0.25, -0.2) is 0 Å². The fourth-order valence-electron chi connectivity index (χ4n) is 2.71. The second kappa shape index (κ2) is 7.93. The van der Waals surface area contributed by atoms with Gasteiger partial charge in [-0.1, -0.05) is 35.9 Å². The van der Waals surface area contributed by atoms with Crippen LogP contribution in [0.2, 0.25) is 5.02 Å². The fraction of sp³-hybridized carbons (Fsp3) is 0.0952. The van der Waals surface area contributed by atoms with E-state index >= 15 is 0 Å². The van der Waals surface area contributed by atoms with Gasteiger partial charge in [-0.05, 0) is 65.2 Å². The van der Waals surface area contributed by atoms with E-state index < -0.39 is 0 Å². The molecule has 0 heterocycles. The Balaban J connectivity index is 1.84. The van der Waals surface area contributed by atoms with E-state index in [0.717, 1.165) is 28.5 Å². The molecule has 3 rings (SSSR count). The molecule has 0 atom stereocenters. The van der Waals surface area contributed by atoms with Gasteiger partial charge >= 0.3 is 0 Å². The summed E-state index contributed by atoms with van der Waals surface area (Å²) in [7, 11) is 0. The SMILES string of the molecule is Cc1c(COc2ccc(C=O)cc2)cccc1-c1ccc(N=O)cc1Cl. The van der Waals surface area contributed by atoms with Crippen molar-refractivity contribution in [3.05, 3.63) is 87.3 Å². The molecule has 3 aromatic carbocycles. The second-order valence-electron chi connectivity index (χ2n) is 5.82. The summed E-state index contributed by atoms with van der Waals surface area (Å²) in [5.41, 5.74) is 4.80. The van der Waals surface area contributed by atoms with Gasteiger partial charge in [-0.2, -0.15) is 0 Å². The molecule has 5 heteroatoms. The minimum absolute atomic E-state index is 0.301. The van der Waals surface area contributed by atoms with E-state index in [4.69, 9.17) is 16.3 Å². The highest BCUT2D eigenvalue weighted by Gasteiger charge is 2.11. The number of hydrogen-bond donors (Lipinski definition) is 0. The van der Waals surface area contributed by atoms with E-state index in [1.165, 1.54) is 0 Å². The first-order chi connectivity index (χ1) is 12.6. The zero-order valence-corrected chi connectivity index (χ0v) is 14.9. The van der Waals surface area contributed by atoms with Crippen LogP contribution in [0.1, 0.15) is 21.5 Å². The maximum atomic E-state index is 10.7. The molecule has 0 spiro atoms. The predicted octanol–water partition coefficient (Wildman–Crippen LogP) is 6.10. The lowest BCUT2D eigenvalue weighted by Gasteiger charge is -2.14. The van der Waals surface area contributed by atoms with E-state index in [-0.39, 0.29) is 0 Å². The first kappa shape index (κ1) is 17.8. The lowest BCUT2D eigenvalue weighted by molar-refractivity contribution is 0.112. The summed E-state index contributed by atoms with van der Waals surface area (Å²) in [5, 5.41) is 3.38. The Labute approximate surface area is 156 Å². The lowest BCUT2D eigenvalue weighted by atomic mass is 9.96. The minimum atomic E-state index is 0.301. The molecule has 0 amide bonds. The van der Waals surface area contributed by atoms with Gasteiger partial charge in [-0.15, -0.1) is 4.91 Å². The van der Waals surface area contributed by atoms with Gasteiger partial charge in [-0.3, -0.25) is 4.79 Å². The van der Waals surface area contributed by atoms with Crippen LogP contribution in [0.5, 0.6) is 5.75 Å². The third-order valence-electron chi connectivity index (χ3n) is 4.20. The van der Waals surface area contributed by atoms with E-state index in [1.807, 2.05) is 25.1 Å². The van der Waals surface area contributed by atoms with Crippen LogP contribution in [0.25, 0.3) is 11.1 Å². The molecule has 130 valence electrons. The summed E-state index contributed by atoms with van der Waals surface area (Å²) in [6.45, 7) is 2.40. The highest BCUT2D eigenvalue weighted by atomic mass is 35.5. The first-order valence-electron chi connectivity index (χ1n) is 8.02. The highest BCUT2D eigenvalue weighted by Crippen LogP contribution is 2.34. The van der Waals surface area contributed by atoms with Gasteiger partial charge < -0.3 is 4.74 Å². The van der Waals surface area contributed by atoms with Gasteiger partial charge in [0, 0.05) is 11.1 Å². The van der Waals surface area contributed by atoms with Crippen molar-refractivity contribution < 1.29 is 9.53 Å². The van der Waals surface area contributed by atoms with Crippen molar-refractivity contribution in [3.8, 4) is 16.9 Å². The van der Waals surface area contributed by atoms with Gasteiger partial charge in [0.1, 0.15) is 24.3 Å². The molecule has 0 aliphatic heterocycles. The van der Waals surface area contributed by atoms with Crippen molar-refractivity contribution in [1.82, 2.24) is 0 Å². The van der Waals surface area contributed by atoms with Crippen LogP contribution in [0.15, 0.2) is 65.8 Å². The maximum absolute atomic E-state index is 10.7. The van der Waals surface area contributed by atoms with Gasteiger partial charge in [0.2, 0.25) is 0 Å². The Hall–Kier alpha value is -2.98. The Morgan fingerprint density at radius 1 is 1.04 bits per heavy atom. The van der Waals surface area contributed by atoms with E-state index in [9.17, 15) is 9.70 Å². The average molecular weight is 366 g/mol. The van der Waals surface area contributed by atoms with Crippen LogP contribution < -0.4 is 4.74 Å². The molecule has 0 saturated carbocycles. The largest absolute Gasteiger partial charge is 0.489 e. The molecular weight excluding hydrogens is 350 g/mol. The van der Waals surface area contributed by atoms with Crippen LogP contribution in [0.4, 0.5) is 5.69 Å². The quantitative estimate of drug-likeness (QED) is 0.391. The molecule has 0 aliphatic carbocycles. The number of nitrogens with zero attached hydrogens (tertiary/aromatic N) is 1. The number of nitroso groups, excluding NO2 is 1. The van der Waals surface area contributed by atoms with Gasteiger partial charge in [0.05, 0.1) is 5.02 Å². The van der Waals surface area contributed by atoms with Gasteiger partial charge in [0.15, 0.2) is 0 Å². The number of hydrogen-bond acceptors (Lipinski definition) is 4. The molecule has 4 nitrogen and oxygen atoms in total. The van der Waals surface area contributed by atoms with Crippen LogP contribution in [-0.4, -0.2) is 6.29 Å². The summed E-state index contributed by atoms with van der Waals surface area (Å²) in [6.07, 6.45) is 0.798. The smallest absolute Gasteiger partial charge is 0.150 e. The van der Waals surface area contributed by atoms with Crippen molar-refractivity contribution in [2.24, 2.45) is 5.18 Å². The highest BCUT2D eigenvalue weighted by molar-refractivity contribution is 6.33. The molecule has 3 aromatic rings. The molecule has 0 bridgehead atoms. The number of rotatable bonds is 6. The second-order valence-corrected chi connectivity index (χ2v) is 6.23. The van der Waals surface area contributed by atoms with E-state index in [2.05, 4.69) is 5.18 Å². The summed E-state index contributed by atoms with van der Waals surface area (Å²) in [4.78, 5) is 21.4. The first-order valence-corrected chi connectivity index (χ1v) is 8.40. The zero-order valence-electron chi connectivity index (χ0n) is 14.1. The molecule has 0 unspecified atom stereocenters. The van der Waals surface area contributed by atoms with Crippen LogP contribution in [0.3, 0.4) is 0 Å². The van der Waals surface area contributed by atoms with Crippen LogP contribution >= 0.6 is 11.6 Å². The normalized spacial score (nSPS) is 10.4. The number of halogens is 1. The van der Waals surface area contributed by atoms with E-state index in [0.29, 0.717) is 28.6 Å². The third kappa shape index (κ3) is 3.81. The summed E-state index contributed by atoms with van der Waals surface area (Å²) in [6, 6.07) is 17.9. The molecule has 0 fully saturated rings.